The van der Waals surface area contributed by atoms with Gasteiger partial charge in [0.15, 0.2) is 11.5 Å². The van der Waals surface area contributed by atoms with E-state index in [9.17, 15) is 15.0 Å². The molecule has 3 unspecified atom stereocenters. The van der Waals surface area contributed by atoms with Gasteiger partial charge in [0, 0.05) is 65.3 Å². The monoisotopic (exact) mass is 649 g/mol. The molecule has 4 aliphatic rings. The lowest BCUT2D eigenvalue weighted by molar-refractivity contribution is -0.141. The Morgan fingerprint density at radius 2 is 1.89 bits per heavy atom. The molecule has 2 aliphatic heterocycles. The van der Waals surface area contributed by atoms with Gasteiger partial charge in [-0.15, -0.1) is 0 Å². The van der Waals surface area contributed by atoms with E-state index in [1.807, 2.05) is 12.1 Å². The van der Waals surface area contributed by atoms with Crippen LogP contribution in [0.4, 0.5) is 0 Å². The van der Waals surface area contributed by atoms with Gasteiger partial charge in [-0.25, -0.2) is 0 Å². The number of hydrogen-bond donors (Lipinski definition) is 3. The lowest BCUT2D eigenvalue weighted by Gasteiger charge is -2.30. The van der Waals surface area contributed by atoms with Crippen molar-refractivity contribution in [3.05, 3.63) is 64.2 Å². The number of aromatic hydroxyl groups is 2. The number of ether oxygens (including phenoxy) is 4. The van der Waals surface area contributed by atoms with Gasteiger partial charge in [-0.2, -0.15) is 0 Å². The van der Waals surface area contributed by atoms with Gasteiger partial charge >= 0.3 is 5.97 Å². The summed E-state index contributed by atoms with van der Waals surface area (Å²) in [5.41, 5.74) is 7.10. The molecule has 45 heavy (non-hydrogen) atoms. The van der Waals surface area contributed by atoms with E-state index in [1.165, 1.54) is 32.6 Å². The fraction of sp³-hybridized carbons (Fsp3) is 0.457. The largest absolute Gasteiger partial charge is 0.508 e. The molecule has 0 saturated heterocycles. The summed E-state index contributed by atoms with van der Waals surface area (Å²) in [7, 11) is 5.18. The average molecular weight is 650 g/mol. The van der Waals surface area contributed by atoms with Crippen molar-refractivity contribution in [2.75, 3.05) is 32.6 Å². The number of rotatable bonds is 8. The van der Waals surface area contributed by atoms with Gasteiger partial charge in [0.1, 0.15) is 36.6 Å². The Morgan fingerprint density at radius 3 is 2.69 bits per heavy atom. The number of hydrogen-bond acceptors (Lipinski definition) is 10. The molecule has 3 N–H and O–H groups in total. The molecule has 0 aromatic heterocycles. The highest BCUT2D eigenvalue weighted by Crippen LogP contribution is 2.58. The second kappa shape index (κ2) is 12.9. The number of methoxy groups -OCH3 is 1. The number of carbonyl (C=O) groups excluding carboxylic acids is 1. The second-order valence-electron chi connectivity index (χ2n) is 12.3. The van der Waals surface area contributed by atoms with Crippen LogP contribution in [0, 0.1) is 0 Å². The zero-order valence-corrected chi connectivity index (χ0v) is 27.2. The summed E-state index contributed by atoms with van der Waals surface area (Å²) in [5.74, 6) is 3.26. The van der Waals surface area contributed by atoms with Crippen LogP contribution in [0.25, 0.3) is 11.1 Å². The predicted molar refractivity (Wildman–Crippen MR) is 177 cm³/mol. The van der Waals surface area contributed by atoms with Crippen LogP contribution in [0.3, 0.4) is 0 Å². The molecule has 10 heteroatoms. The third-order valence-electron chi connectivity index (χ3n) is 9.48. The molecule has 2 heterocycles. The number of nitrogens with one attached hydrogen (secondary N) is 1. The summed E-state index contributed by atoms with van der Waals surface area (Å²) in [4.78, 5) is 12.0. The summed E-state index contributed by atoms with van der Waals surface area (Å²) < 4.78 is 24.5. The Morgan fingerprint density at radius 1 is 1.04 bits per heavy atom. The van der Waals surface area contributed by atoms with Gasteiger partial charge in [0.2, 0.25) is 0 Å². The highest BCUT2D eigenvalue weighted by molar-refractivity contribution is 8.76. The molecule has 3 aromatic rings. The topological polar surface area (TPSA) is 106 Å². The molecule has 1 fully saturated rings. The highest BCUT2D eigenvalue weighted by atomic mass is 33.1. The van der Waals surface area contributed by atoms with Crippen molar-refractivity contribution >= 4 is 27.6 Å². The smallest absolute Gasteiger partial charge is 0.302 e. The number of carbonyl (C=O) groups is 1. The quantitative estimate of drug-likeness (QED) is 0.134. The summed E-state index contributed by atoms with van der Waals surface area (Å²) >= 11 is 0. The Balaban J connectivity index is 1.29. The van der Waals surface area contributed by atoms with E-state index >= 15 is 0 Å². The number of phenolic OH excluding ortho intramolecular Hbond substituents is 2. The molecule has 238 valence electrons. The van der Waals surface area contributed by atoms with E-state index in [0.717, 1.165) is 56.9 Å². The molecule has 0 radical (unpaired) electrons. The summed E-state index contributed by atoms with van der Waals surface area (Å²) in [6, 6.07) is 12.0. The molecule has 7 rings (SSSR count). The van der Waals surface area contributed by atoms with Crippen LogP contribution < -0.4 is 19.5 Å². The molecule has 2 aliphatic carbocycles. The van der Waals surface area contributed by atoms with E-state index in [0.29, 0.717) is 36.4 Å². The summed E-state index contributed by atoms with van der Waals surface area (Å²) in [6.07, 6.45) is 5.25. The van der Waals surface area contributed by atoms with E-state index < -0.39 is 6.10 Å². The first-order valence-corrected chi connectivity index (χ1v) is 18.2. The van der Waals surface area contributed by atoms with Gasteiger partial charge in [0.05, 0.1) is 13.0 Å². The number of esters is 1. The minimum absolute atomic E-state index is 0.114. The zero-order chi connectivity index (χ0) is 31.1. The first-order valence-electron chi connectivity index (χ1n) is 15.7. The Hall–Kier alpha value is -3.21. The maximum absolute atomic E-state index is 12.0. The normalized spacial score (nSPS) is 21.7. The third-order valence-corrected chi connectivity index (χ3v) is 11.9. The highest BCUT2D eigenvalue weighted by Gasteiger charge is 2.43. The predicted octanol–water partition coefficient (Wildman–Crippen LogP) is 7.00. The molecular weight excluding hydrogens is 611 g/mol. The first kappa shape index (κ1) is 30.4. The molecular formula is C35H39NO7S2. The Kier molecular flexibility index (Phi) is 8.72. The van der Waals surface area contributed by atoms with Gasteiger partial charge in [-0.3, -0.25) is 4.79 Å². The zero-order valence-electron chi connectivity index (χ0n) is 25.6. The van der Waals surface area contributed by atoms with Crippen LogP contribution in [0.1, 0.15) is 78.4 Å². The van der Waals surface area contributed by atoms with Crippen molar-refractivity contribution in [1.82, 2.24) is 5.32 Å². The van der Waals surface area contributed by atoms with Crippen LogP contribution in [-0.4, -0.2) is 54.8 Å². The number of benzene rings is 3. The third kappa shape index (κ3) is 5.92. The Bertz CT molecular complexity index is 1610. The second-order valence-corrected chi connectivity index (χ2v) is 14.8. The fourth-order valence-corrected chi connectivity index (χ4v) is 9.83. The van der Waals surface area contributed by atoms with Gasteiger partial charge in [-0.05, 0) is 54.2 Å². The molecule has 3 aromatic carbocycles. The fourth-order valence-electron chi connectivity index (χ4n) is 7.42. The van der Waals surface area contributed by atoms with E-state index in [2.05, 4.69) is 17.4 Å². The SMILES string of the molecule is COc1cc(O)cc2c1-c1ccc3c4c1C(CSSCc1cc(O)c(OCCNC5CCCC5)cc1C(O4)C3COC(C)=O)C2. The van der Waals surface area contributed by atoms with Crippen molar-refractivity contribution < 1.29 is 34.0 Å². The van der Waals surface area contributed by atoms with Crippen LogP contribution in [0.15, 0.2) is 36.4 Å². The van der Waals surface area contributed by atoms with E-state index in [1.54, 1.807) is 40.8 Å². The maximum atomic E-state index is 12.0. The molecule has 0 spiro atoms. The van der Waals surface area contributed by atoms with Crippen LogP contribution in [-0.2, 0) is 21.7 Å². The molecule has 0 amide bonds. The summed E-state index contributed by atoms with van der Waals surface area (Å²) in [6.45, 7) is 2.76. The van der Waals surface area contributed by atoms with Gasteiger partial charge < -0.3 is 34.5 Å². The lowest BCUT2D eigenvalue weighted by Crippen LogP contribution is -2.30. The first-order chi connectivity index (χ1) is 21.9. The number of fused-ring (bicyclic) bond motifs is 5. The van der Waals surface area contributed by atoms with Crippen molar-refractivity contribution in [2.24, 2.45) is 0 Å². The van der Waals surface area contributed by atoms with E-state index in [4.69, 9.17) is 18.9 Å². The van der Waals surface area contributed by atoms with E-state index in [-0.39, 0.29) is 35.9 Å². The van der Waals surface area contributed by atoms with Crippen molar-refractivity contribution in [2.45, 2.75) is 68.8 Å². The molecule has 3 atom stereocenters. The van der Waals surface area contributed by atoms with Gasteiger partial charge in [0.25, 0.3) is 0 Å². The molecule has 8 nitrogen and oxygen atoms in total. The molecule has 1 saturated carbocycles. The molecule has 2 bridgehead atoms. The number of phenols is 2. The minimum Gasteiger partial charge on any atom is -0.508 e. The van der Waals surface area contributed by atoms with Crippen molar-refractivity contribution in [1.29, 1.82) is 0 Å². The van der Waals surface area contributed by atoms with Crippen molar-refractivity contribution in [3.8, 4) is 39.9 Å². The average Bonchev–Trinajstić information content (AvgIpc) is 3.67. The lowest BCUT2D eigenvalue weighted by atomic mass is 9.77. The van der Waals surface area contributed by atoms with Crippen LogP contribution >= 0.6 is 21.6 Å². The van der Waals surface area contributed by atoms with Crippen molar-refractivity contribution in [3.63, 3.8) is 0 Å². The maximum Gasteiger partial charge on any atom is 0.302 e. The van der Waals surface area contributed by atoms with Crippen LogP contribution in [0.5, 0.6) is 28.7 Å². The Labute approximate surface area is 271 Å². The summed E-state index contributed by atoms with van der Waals surface area (Å²) in [5, 5.41) is 25.1. The van der Waals surface area contributed by atoms with Crippen LogP contribution in [0.2, 0.25) is 0 Å². The minimum atomic E-state index is -0.437. The van der Waals surface area contributed by atoms with Gasteiger partial charge in [-0.1, -0.05) is 46.6 Å². The standard InChI is InChI=1S/C35H39NO7S2/c1-19(37)42-16-28-25-7-8-26-32-20(12-24(38)14-31(32)40-2)11-22-18-45-44-17-21-13-29(39)30(41-10-9-36-23-5-3-4-6-23)15-27(21)34(28)43-35(25)33(22)26/h7-8,12-15,22-23,28,34,36,38-39H,3-6,9-11,16-18H2,1-2H3.